The van der Waals surface area contributed by atoms with Crippen LogP contribution in [0, 0.1) is 0 Å². The van der Waals surface area contributed by atoms with Gasteiger partial charge < -0.3 is 10.2 Å². The first-order valence-electron chi connectivity index (χ1n) is 14.7. The molecule has 0 aromatic heterocycles. The van der Waals surface area contributed by atoms with E-state index in [1.165, 1.54) is 4.31 Å². The summed E-state index contributed by atoms with van der Waals surface area (Å²) in [5.41, 5.74) is 3.48. The van der Waals surface area contributed by atoms with E-state index in [2.05, 4.69) is 5.32 Å². The third kappa shape index (κ3) is 7.77. The molecule has 0 radical (unpaired) electrons. The van der Waals surface area contributed by atoms with E-state index in [9.17, 15) is 18.0 Å². The number of hydrogen-bond acceptors (Lipinski definition) is 4. The van der Waals surface area contributed by atoms with Gasteiger partial charge >= 0.3 is 0 Å². The second kappa shape index (κ2) is 14.3. The highest BCUT2D eigenvalue weighted by atomic mass is 32.2. The summed E-state index contributed by atoms with van der Waals surface area (Å²) in [6.45, 7) is 1.72. The molecule has 222 valence electrons. The van der Waals surface area contributed by atoms with Crippen molar-refractivity contribution < 1.29 is 18.0 Å². The number of aryl methyl sites for hydroxylation is 1. The topological polar surface area (TPSA) is 86.8 Å². The summed E-state index contributed by atoms with van der Waals surface area (Å²) in [6, 6.07) is 34.7. The van der Waals surface area contributed by atoms with Crippen LogP contribution in [-0.4, -0.2) is 42.5 Å². The molecule has 1 atom stereocenters. The molecule has 0 aliphatic carbocycles. The van der Waals surface area contributed by atoms with Crippen LogP contribution in [0.15, 0.2) is 120 Å². The summed E-state index contributed by atoms with van der Waals surface area (Å²) >= 11 is 0. The van der Waals surface area contributed by atoms with E-state index in [0.29, 0.717) is 26.1 Å². The SMILES string of the molecule is O=C(NCc1ccccc1)[C@H](c1ccccc1)N(Cc1ccccc1)C(=O)CCc1ccc(S(=O)(=O)N2CCCC2)cc1. The Kier molecular flexibility index (Phi) is 10.0. The number of carbonyl (C=O) groups excluding carboxylic acids is 2. The molecule has 7 nitrogen and oxygen atoms in total. The minimum Gasteiger partial charge on any atom is -0.350 e. The van der Waals surface area contributed by atoms with Gasteiger partial charge in [0, 0.05) is 32.6 Å². The summed E-state index contributed by atoms with van der Waals surface area (Å²) in [5, 5.41) is 3.04. The average Bonchev–Trinajstić information content (AvgIpc) is 3.61. The van der Waals surface area contributed by atoms with Gasteiger partial charge in [0.05, 0.1) is 4.90 Å². The average molecular weight is 596 g/mol. The lowest BCUT2D eigenvalue weighted by atomic mass is 10.0. The van der Waals surface area contributed by atoms with Crippen LogP contribution in [0.2, 0.25) is 0 Å². The summed E-state index contributed by atoms with van der Waals surface area (Å²) in [6.07, 6.45) is 2.35. The molecule has 1 aliphatic heterocycles. The molecule has 2 amide bonds. The van der Waals surface area contributed by atoms with Crippen LogP contribution in [-0.2, 0) is 39.1 Å². The maximum Gasteiger partial charge on any atom is 0.247 e. The van der Waals surface area contributed by atoms with Crippen molar-refractivity contribution in [3.05, 3.63) is 138 Å². The molecule has 5 rings (SSSR count). The van der Waals surface area contributed by atoms with Crippen molar-refractivity contribution in [2.45, 2.75) is 49.7 Å². The van der Waals surface area contributed by atoms with Crippen molar-refractivity contribution >= 4 is 21.8 Å². The highest BCUT2D eigenvalue weighted by Crippen LogP contribution is 2.26. The second-order valence-electron chi connectivity index (χ2n) is 10.8. The van der Waals surface area contributed by atoms with Crippen LogP contribution in [0.4, 0.5) is 0 Å². The van der Waals surface area contributed by atoms with E-state index in [1.807, 2.05) is 91.0 Å². The number of benzene rings is 4. The quantitative estimate of drug-likeness (QED) is 0.235. The minimum absolute atomic E-state index is 0.165. The van der Waals surface area contributed by atoms with Crippen molar-refractivity contribution in [3.63, 3.8) is 0 Å². The largest absolute Gasteiger partial charge is 0.350 e. The lowest BCUT2D eigenvalue weighted by Crippen LogP contribution is -2.43. The standard InChI is InChI=1S/C35H37N3O4S/c39-33(23-20-28-18-21-32(22-19-28)43(41,42)37-24-10-11-25-37)38(27-30-14-6-2-7-15-30)34(31-16-8-3-9-17-31)35(40)36-26-29-12-4-1-5-13-29/h1-9,12-19,21-22,34H,10-11,20,23-27H2,(H,36,40)/t34-/m0/s1. The Morgan fingerprint density at radius 1 is 0.721 bits per heavy atom. The first-order chi connectivity index (χ1) is 20.9. The highest BCUT2D eigenvalue weighted by molar-refractivity contribution is 7.89. The van der Waals surface area contributed by atoms with Crippen molar-refractivity contribution in [3.8, 4) is 0 Å². The third-order valence-electron chi connectivity index (χ3n) is 7.75. The zero-order chi connectivity index (χ0) is 30.1. The maximum atomic E-state index is 14.0. The number of amides is 2. The Morgan fingerprint density at radius 3 is 1.88 bits per heavy atom. The predicted molar refractivity (Wildman–Crippen MR) is 167 cm³/mol. The van der Waals surface area contributed by atoms with Crippen LogP contribution in [0.3, 0.4) is 0 Å². The van der Waals surface area contributed by atoms with Gasteiger partial charge in [0.25, 0.3) is 0 Å². The fourth-order valence-corrected chi connectivity index (χ4v) is 6.91. The summed E-state index contributed by atoms with van der Waals surface area (Å²) < 4.78 is 27.4. The summed E-state index contributed by atoms with van der Waals surface area (Å²) in [5.74, 6) is -0.419. The number of sulfonamides is 1. The fourth-order valence-electron chi connectivity index (χ4n) is 5.39. The van der Waals surface area contributed by atoms with Gasteiger partial charge in [0.1, 0.15) is 6.04 Å². The van der Waals surface area contributed by atoms with E-state index >= 15 is 0 Å². The molecular formula is C35H37N3O4S. The van der Waals surface area contributed by atoms with Crippen LogP contribution in [0.25, 0.3) is 0 Å². The number of hydrogen-bond donors (Lipinski definition) is 1. The van der Waals surface area contributed by atoms with Crippen molar-refractivity contribution in [1.29, 1.82) is 0 Å². The second-order valence-corrected chi connectivity index (χ2v) is 12.7. The number of nitrogens with one attached hydrogen (secondary N) is 1. The normalized spacial score (nSPS) is 14.2. The van der Waals surface area contributed by atoms with Gasteiger partial charge in [-0.15, -0.1) is 0 Å². The van der Waals surface area contributed by atoms with Gasteiger partial charge in [-0.25, -0.2) is 8.42 Å². The summed E-state index contributed by atoms with van der Waals surface area (Å²) in [7, 11) is -3.50. The van der Waals surface area contributed by atoms with E-state index in [4.69, 9.17) is 0 Å². The molecule has 1 heterocycles. The zero-order valence-corrected chi connectivity index (χ0v) is 25.0. The lowest BCUT2D eigenvalue weighted by molar-refractivity contribution is -0.141. The Balaban J connectivity index is 1.36. The molecule has 1 saturated heterocycles. The van der Waals surface area contributed by atoms with Gasteiger partial charge in [-0.05, 0) is 53.6 Å². The third-order valence-corrected chi connectivity index (χ3v) is 9.67. The molecule has 4 aromatic carbocycles. The lowest BCUT2D eigenvalue weighted by Gasteiger charge is -2.32. The molecule has 8 heteroatoms. The first-order valence-corrected chi connectivity index (χ1v) is 16.1. The fraction of sp³-hybridized carbons (Fsp3) is 0.257. The van der Waals surface area contributed by atoms with Gasteiger partial charge in [-0.3, -0.25) is 9.59 Å². The van der Waals surface area contributed by atoms with Gasteiger partial charge in [-0.1, -0.05) is 103 Å². The molecule has 4 aromatic rings. The monoisotopic (exact) mass is 595 g/mol. The summed E-state index contributed by atoms with van der Waals surface area (Å²) in [4.78, 5) is 29.7. The first kappa shape index (κ1) is 30.2. The van der Waals surface area contributed by atoms with Gasteiger partial charge in [-0.2, -0.15) is 4.31 Å². The van der Waals surface area contributed by atoms with Crippen LogP contribution < -0.4 is 5.32 Å². The molecule has 43 heavy (non-hydrogen) atoms. The number of rotatable bonds is 12. The van der Waals surface area contributed by atoms with Gasteiger partial charge in [0.2, 0.25) is 21.8 Å². The van der Waals surface area contributed by atoms with Crippen LogP contribution in [0.5, 0.6) is 0 Å². The van der Waals surface area contributed by atoms with Gasteiger partial charge in [0.15, 0.2) is 0 Å². The zero-order valence-electron chi connectivity index (χ0n) is 24.1. The van der Waals surface area contributed by atoms with E-state index in [0.717, 1.165) is 35.1 Å². The minimum atomic E-state index is -3.50. The molecular weight excluding hydrogens is 558 g/mol. The van der Waals surface area contributed by atoms with Crippen LogP contribution >= 0.6 is 0 Å². The molecule has 0 bridgehead atoms. The smallest absolute Gasteiger partial charge is 0.247 e. The van der Waals surface area contributed by atoms with E-state index in [1.54, 1.807) is 29.2 Å². The Morgan fingerprint density at radius 2 is 1.28 bits per heavy atom. The Hall–Kier alpha value is -4.27. The number of nitrogens with zero attached hydrogens (tertiary/aromatic N) is 2. The van der Waals surface area contributed by atoms with Crippen molar-refractivity contribution in [2.24, 2.45) is 0 Å². The highest BCUT2D eigenvalue weighted by Gasteiger charge is 2.31. The Bertz CT molecular complexity index is 1590. The maximum absolute atomic E-state index is 14.0. The Labute approximate surface area is 254 Å². The van der Waals surface area contributed by atoms with Crippen molar-refractivity contribution in [2.75, 3.05) is 13.1 Å². The van der Waals surface area contributed by atoms with E-state index in [-0.39, 0.29) is 29.7 Å². The molecule has 0 spiro atoms. The molecule has 1 N–H and O–H groups in total. The number of carbonyl (C=O) groups is 2. The molecule has 0 unspecified atom stereocenters. The molecule has 1 fully saturated rings. The van der Waals surface area contributed by atoms with E-state index < -0.39 is 16.1 Å². The molecule has 0 saturated carbocycles. The van der Waals surface area contributed by atoms with Crippen molar-refractivity contribution in [1.82, 2.24) is 14.5 Å². The predicted octanol–water partition coefficient (Wildman–Crippen LogP) is 5.49. The van der Waals surface area contributed by atoms with Crippen LogP contribution in [0.1, 0.15) is 47.6 Å². The molecule has 1 aliphatic rings.